The van der Waals surface area contributed by atoms with Gasteiger partial charge in [0.25, 0.3) is 0 Å². The smallest absolute Gasteiger partial charge is 0.368 e. The summed E-state index contributed by atoms with van der Waals surface area (Å²) in [6, 6.07) is 5.24. The lowest BCUT2D eigenvalue weighted by molar-refractivity contribution is -0.120. The molecule has 0 bridgehead atoms. The van der Waals surface area contributed by atoms with Crippen molar-refractivity contribution in [3.8, 4) is 11.4 Å². The van der Waals surface area contributed by atoms with Gasteiger partial charge in [0.2, 0.25) is 5.95 Å². The molecule has 0 spiro atoms. The summed E-state index contributed by atoms with van der Waals surface area (Å²) in [5.74, 6) is 0.275. The Morgan fingerprint density at radius 3 is 2.49 bits per heavy atom. The van der Waals surface area contributed by atoms with E-state index in [4.69, 9.17) is 9.47 Å². The number of ether oxygens (including phenoxy) is 2. The van der Waals surface area contributed by atoms with E-state index in [1.807, 2.05) is 0 Å². The number of halogens is 1. The van der Waals surface area contributed by atoms with Gasteiger partial charge in [-0.25, -0.2) is 14.2 Å². The lowest BCUT2D eigenvalue weighted by atomic mass is 9.79. The highest BCUT2D eigenvalue weighted by molar-refractivity contribution is 5.62. The molecule has 2 fully saturated rings. The second-order valence-corrected chi connectivity index (χ2v) is 12.2. The molecule has 39 heavy (non-hydrogen) atoms. The Bertz CT molecular complexity index is 1400. The molecule has 0 saturated carbocycles. The highest BCUT2D eigenvalue weighted by Crippen LogP contribution is 2.33. The van der Waals surface area contributed by atoms with Crippen molar-refractivity contribution < 1.29 is 13.9 Å². The molecule has 2 aliphatic rings. The zero-order valence-corrected chi connectivity index (χ0v) is 23.2. The van der Waals surface area contributed by atoms with Gasteiger partial charge in [-0.1, -0.05) is 6.92 Å². The minimum absolute atomic E-state index is 0.0305. The Balaban J connectivity index is 1.39. The van der Waals surface area contributed by atoms with Gasteiger partial charge in [-0.05, 0) is 69.2 Å². The molecule has 4 heterocycles. The lowest BCUT2D eigenvalue weighted by Gasteiger charge is -2.46. The number of anilines is 3. The van der Waals surface area contributed by atoms with Crippen LogP contribution < -0.4 is 26.4 Å². The largest absolute Gasteiger partial charge is 0.491 e. The number of hydrogen-bond acceptors (Lipinski definition) is 10. The fraction of sp³-hybridized carbons (Fsp3) is 0.577. The van der Waals surface area contributed by atoms with E-state index in [1.165, 1.54) is 11.7 Å². The van der Waals surface area contributed by atoms with Crippen molar-refractivity contribution in [1.82, 2.24) is 35.1 Å². The fourth-order valence-electron chi connectivity index (χ4n) is 5.41. The Hall–Kier alpha value is -3.58. The molecule has 2 aliphatic heterocycles. The van der Waals surface area contributed by atoms with Crippen LogP contribution in [0.2, 0.25) is 0 Å². The van der Waals surface area contributed by atoms with Gasteiger partial charge in [0.15, 0.2) is 11.6 Å². The molecule has 0 aliphatic carbocycles. The molecule has 5 rings (SSSR count). The van der Waals surface area contributed by atoms with Crippen LogP contribution in [0.1, 0.15) is 47.5 Å². The minimum atomic E-state index is -0.529. The van der Waals surface area contributed by atoms with E-state index in [0.717, 1.165) is 23.7 Å². The first-order valence-electron chi connectivity index (χ1n) is 13.0. The number of benzene rings is 1. The van der Waals surface area contributed by atoms with Crippen LogP contribution in [0, 0.1) is 11.2 Å². The van der Waals surface area contributed by atoms with E-state index in [0.29, 0.717) is 36.9 Å². The molecule has 1 aromatic carbocycles. The maximum Gasteiger partial charge on any atom is 0.368 e. The van der Waals surface area contributed by atoms with Crippen molar-refractivity contribution in [3.05, 3.63) is 40.7 Å². The maximum absolute atomic E-state index is 14.7. The van der Waals surface area contributed by atoms with E-state index < -0.39 is 11.5 Å². The van der Waals surface area contributed by atoms with E-state index >= 15 is 0 Å². The molecule has 210 valence electrons. The second kappa shape index (κ2) is 9.87. The van der Waals surface area contributed by atoms with E-state index in [9.17, 15) is 9.18 Å². The van der Waals surface area contributed by atoms with Crippen molar-refractivity contribution in [2.75, 3.05) is 30.5 Å². The summed E-state index contributed by atoms with van der Waals surface area (Å²) in [7, 11) is 1.52. The molecule has 0 unspecified atom stereocenters. The zero-order chi connectivity index (χ0) is 28.0. The van der Waals surface area contributed by atoms with Crippen molar-refractivity contribution in [2.45, 2.75) is 64.6 Å². The third-order valence-electron chi connectivity index (χ3n) is 6.92. The first kappa shape index (κ1) is 27.0. The summed E-state index contributed by atoms with van der Waals surface area (Å²) in [4.78, 5) is 21.2. The topological polar surface area (TPSA) is 133 Å². The monoisotopic (exact) mass is 541 g/mol. The van der Waals surface area contributed by atoms with Crippen LogP contribution in [0.4, 0.5) is 21.8 Å². The van der Waals surface area contributed by atoms with Gasteiger partial charge < -0.3 is 25.4 Å². The number of tetrazole rings is 1. The summed E-state index contributed by atoms with van der Waals surface area (Å²) in [5.41, 5.74) is 0.243. The van der Waals surface area contributed by atoms with Gasteiger partial charge in [0.1, 0.15) is 11.4 Å². The normalized spacial score (nSPS) is 19.8. The van der Waals surface area contributed by atoms with Crippen LogP contribution in [-0.4, -0.2) is 66.7 Å². The highest BCUT2D eigenvalue weighted by Gasteiger charge is 2.38. The van der Waals surface area contributed by atoms with Crippen LogP contribution in [0.25, 0.3) is 5.69 Å². The fourth-order valence-corrected chi connectivity index (χ4v) is 5.41. The molecule has 0 radical (unpaired) electrons. The summed E-state index contributed by atoms with van der Waals surface area (Å²) in [6.07, 6.45) is 2.76. The minimum Gasteiger partial charge on any atom is -0.491 e. The SMILES string of the molecule is Cn1nnn(-c2cc(Nc3ncc(F)c(NC4CC(C)(C)NC(C)(C)C4)n3)ccc2OCC2(C)COC2)c1=O. The van der Waals surface area contributed by atoms with E-state index in [-0.39, 0.29) is 34.3 Å². The summed E-state index contributed by atoms with van der Waals surface area (Å²) >= 11 is 0. The Morgan fingerprint density at radius 2 is 1.87 bits per heavy atom. The second-order valence-electron chi connectivity index (χ2n) is 12.2. The predicted octanol–water partition coefficient (Wildman–Crippen LogP) is 2.78. The number of rotatable bonds is 8. The average molecular weight is 542 g/mol. The Kier molecular flexibility index (Phi) is 6.83. The van der Waals surface area contributed by atoms with Gasteiger partial charge in [-0.15, -0.1) is 0 Å². The van der Waals surface area contributed by atoms with Gasteiger partial charge in [-0.3, -0.25) is 0 Å². The summed E-state index contributed by atoms with van der Waals surface area (Å²) in [6.45, 7) is 12.3. The molecule has 3 N–H and O–H groups in total. The number of nitrogens with one attached hydrogen (secondary N) is 3. The number of aromatic nitrogens is 6. The van der Waals surface area contributed by atoms with E-state index in [1.54, 1.807) is 18.2 Å². The van der Waals surface area contributed by atoms with Crippen LogP contribution >= 0.6 is 0 Å². The van der Waals surface area contributed by atoms with Crippen molar-refractivity contribution in [3.63, 3.8) is 0 Å². The van der Waals surface area contributed by atoms with Gasteiger partial charge >= 0.3 is 5.69 Å². The van der Waals surface area contributed by atoms with Crippen LogP contribution in [0.5, 0.6) is 5.75 Å². The molecule has 0 atom stereocenters. The van der Waals surface area contributed by atoms with E-state index in [2.05, 4.69) is 71.0 Å². The molecule has 2 saturated heterocycles. The maximum atomic E-state index is 14.7. The van der Waals surface area contributed by atoms with Crippen molar-refractivity contribution in [2.24, 2.45) is 12.5 Å². The Morgan fingerprint density at radius 1 is 1.15 bits per heavy atom. The van der Waals surface area contributed by atoms with Gasteiger partial charge in [0, 0.05) is 35.3 Å². The third kappa shape index (κ3) is 6.04. The summed E-state index contributed by atoms with van der Waals surface area (Å²) < 4.78 is 28.4. The molecular weight excluding hydrogens is 505 g/mol. The number of nitrogens with zero attached hydrogens (tertiary/aromatic N) is 6. The Labute approximate surface area is 226 Å². The molecule has 13 heteroatoms. The first-order chi connectivity index (χ1) is 18.3. The highest BCUT2D eigenvalue weighted by atomic mass is 19.1. The predicted molar refractivity (Wildman–Crippen MR) is 144 cm³/mol. The molecular formula is C26H36FN9O3. The van der Waals surface area contributed by atoms with Crippen LogP contribution in [0.15, 0.2) is 29.2 Å². The lowest BCUT2D eigenvalue weighted by Crippen LogP contribution is -2.60. The number of aryl methyl sites for hydroxylation is 1. The van der Waals surface area contributed by atoms with Crippen LogP contribution in [0.3, 0.4) is 0 Å². The first-order valence-corrected chi connectivity index (χ1v) is 13.0. The molecule has 12 nitrogen and oxygen atoms in total. The molecule has 3 aromatic rings. The molecule has 0 amide bonds. The van der Waals surface area contributed by atoms with Crippen molar-refractivity contribution in [1.29, 1.82) is 0 Å². The average Bonchev–Trinajstić information content (AvgIpc) is 3.15. The summed E-state index contributed by atoms with van der Waals surface area (Å²) in [5, 5.41) is 17.8. The quantitative estimate of drug-likeness (QED) is 0.391. The van der Waals surface area contributed by atoms with Gasteiger partial charge in [0.05, 0.1) is 26.0 Å². The van der Waals surface area contributed by atoms with Crippen molar-refractivity contribution >= 4 is 17.5 Å². The van der Waals surface area contributed by atoms with Gasteiger partial charge in [-0.2, -0.15) is 14.3 Å². The number of piperidine rings is 1. The van der Waals surface area contributed by atoms with Crippen LogP contribution in [-0.2, 0) is 11.8 Å². The molecule has 2 aromatic heterocycles. The zero-order valence-electron chi connectivity index (χ0n) is 23.2. The number of hydrogen-bond donors (Lipinski definition) is 3. The third-order valence-corrected chi connectivity index (χ3v) is 6.92. The standard InChI is InChI=1S/C26H36FN9O3/c1-24(2)10-17(11-25(3,4)32-24)29-21-18(27)12-28-22(31-21)30-16-7-8-20(39-15-26(5)13-38-14-26)19(9-16)36-23(37)35(6)33-34-36/h7-9,12,17,32H,10-11,13-15H2,1-6H3,(H2,28,29,30,31).